The molecule has 1 aliphatic heterocycles. The van der Waals surface area contributed by atoms with E-state index in [1.54, 1.807) is 6.07 Å². The monoisotopic (exact) mass is 372 g/mol. The van der Waals surface area contributed by atoms with Crippen LogP contribution in [0.15, 0.2) is 35.3 Å². The van der Waals surface area contributed by atoms with Gasteiger partial charge < -0.3 is 9.80 Å². The van der Waals surface area contributed by atoms with Crippen molar-refractivity contribution in [3.63, 3.8) is 0 Å². The summed E-state index contributed by atoms with van der Waals surface area (Å²) in [6.45, 7) is 2.32. The number of aromatic nitrogens is 4. The van der Waals surface area contributed by atoms with E-state index in [9.17, 15) is 9.59 Å². The molecule has 0 radical (unpaired) electrons. The topological polar surface area (TPSA) is 98.0 Å². The number of carbonyl (C=O) groups is 1. The number of H-pyrrole nitrogens is 2. The van der Waals surface area contributed by atoms with Crippen LogP contribution >= 0.6 is 11.6 Å². The zero-order chi connectivity index (χ0) is 18.1. The summed E-state index contributed by atoms with van der Waals surface area (Å²) >= 11 is 6.13. The quantitative estimate of drug-likeness (QED) is 0.719. The van der Waals surface area contributed by atoms with Gasteiger partial charge in [-0.2, -0.15) is 10.1 Å². The first-order valence-corrected chi connectivity index (χ1v) is 8.69. The van der Waals surface area contributed by atoms with E-state index in [0.717, 1.165) is 5.56 Å². The minimum Gasteiger partial charge on any atom is -0.339 e. The Labute approximate surface area is 153 Å². The molecule has 0 aliphatic carbocycles. The summed E-state index contributed by atoms with van der Waals surface area (Å²) in [4.78, 5) is 35.5. The lowest BCUT2D eigenvalue weighted by Gasteiger charge is -2.35. The Morgan fingerprint density at radius 3 is 2.73 bits per heavy atom. The number of nitrogens with one attached hydrogen (secondary N) is 2. The summed E-state index contributed by atoms with van der Waals surface area (Å²) in [5.41, 5.74) is 1.06. The zero-order valence-electron chi connectivity index (χ0n) is 13.9. The predicted octanol–water partition coefficient (Wildman–Crippen LogP) is 1.19. The number of benzene rings is 1. The first-order chi connectivity index (χ1) is 12.6. The van der Waals surface area contributed by atoms with E-state index in [0.29, 0.717) is 48.2 Å². The second kappa shape index (κ2) is 6.80. The van der Waals surface area contributed by atoms with Crippen molar-refractivity contribution in [3.8, 4) is 0 Å². The van der Waals surface area contributed by atoms with Gasteiger partial charge in [0, 0.05) is 31.2 Å². The van der Waals surface area contributed by atoms with Crippen LogP contribution in [-0.4, -0.2) is 57.2 Å². The summed E-state index contributed by atoms with van der Waals surface area (Å²) in [6, 6.07) is 7.37. The van der Waals surface area contributed by atoms with Gasteiger partial charge in [0.05, 0.1) is 12.6 Å². The van der Waals surface area contributed by atoms with E-state index in [1.807, 2.05) is 28.0 Å². The number of anilines is 1. The highest BCUT2D eigenvalue weighted by molar-refractivity contribution is 6.31. The molecule has 2 aromatic heterocycles. The fourth-order valence-corrected chi connectivity index (χ4v) is 3.27. The van der Waals surface area contributed by atoms with E-state index in [4.69, 9.17) is 11.6 Å². The number of aromatic amines is 2. The van der Waals surface area contributed by atoms with E-state index in [2.05, 4.69) is 20.2 Å². The summed E-state index contributed by atoms with van der Waals surface area (Å²) in [5.74, 6) is 0.535. The average molecular weight is 373 g/mol. The Morgan fingerprint density at radius 2 is 1.96 bits per heavy atom. The molecule has 0 bridgehead atoms. The van der Waals surface area contributed by atoms with Crippen LogP contribution in [-0.2, 0) is 11.2 Å². The molecular formula is C17H17ClN6O2. The van der Waals surface area contributed by atoms with Crippen LogP contribution in [0.25, 0.3) is 11.0 Å². The molecular weight excluding hydrogens is 356 g/mol. The third-order valence-corrected chi connectivity index (χ3v) is 4.91. The molecule has 0 spiro atoms. The number of carbonyl (C=O) groups excluding carboxylic acids is 1. The predicted molar refractivity (Wildman–Crippen MR) is 98.5 cm³/mol. The summed E-state index contributed by atoms with van der Waals surface area (Å²) in [5, 5.41) is 7.59. The third kappa shape index (κ3) is 3.15. The van der Waals surface area contributed by atoms with Crippen LogP contribution in [0, 0.1) is 0 Å². The number of piperazine rings is 1. The Bertz CT molecular complexity index is 1010. The molecule has 3 heterocycles. The summed E-state index contributed by atoms with van der Waals surface area (Å²) in [7, 11) is 0. The van der Waals surface area contributed by atoms with Crippen molar-refractivity contribution in [2.24, 2.45) is 0 Å². The lowest BCUT2D eigenvalue weighted by atomic mass is 10.1. The highest BCUT2D eigenvalue weighted by Crippen LogP contribution is 2.17. The maximum Gasteiger partial charge on any atom is 0.263 e. The fourth-order valence-electron chi connectivity index (χ4n) is 3.07. The van der Waals surface area contributed by atoms with Crippen molar-refractivity contribution in [3.05, 3.63) is 51.4 Å². The van der Waals surface area contributed by atoms with Crippen molar-refractivity contribution >= 4 is 34.5 Å². The fraction of sp³-hybridized carbons (Fsp3) is 0.294. The number of rotatable bonds is 3. The van der Waals surface area contributed by atoms with Crippen LogP contribution in [0.4, 0.5) is 5.95 Å². The molecule has 1 saturated heterocycles. The second-order valence-electron chi connectivity index (χ2n) is 6.16. The molecule has 1 aromatic carbocycles. The maximum absolute atomic E-state index is 12.5. The number of fused-ring (bicyclic) bond motifs is 1. The molecule has 0 saturated carbocycles. The Hall–Kier alpha value is -2.87. The minimum atomic E-state index is -0.226. The first-order valence-electron chi connectivity index (χ1n) is 8.31. The van der Waals surface area contributed by atoms with E-state index < -0.39 is 0 Å². The molecule has 2 N–H and O–H groups in total. The second-order valence-corrected chi connectivity index (χ2v) is 6.57. The standard InChI is InChI=1S/C17H17ClN6O2/c18-13-4-2-1-3-11(13)9-14(25)23-5-7-24(8-6-23)17-20-15-12(10-19-22-15)16(26)21-17/h1-4,10H,5-9H2,(H2,19,20,21,22,26). The van der Waals surface area contributed by atoms with Gasteiger partial charge in [-0.25, -0.2) is 0 Å². The molecule has 1 amide bonds. The van der Waals surface area contributed by atoms with Gasteiger partial charge in [-0.1, -0.05) is 29.8 Å². The molecule has 9 heteroatoms. The Morgan fingerprint density at radius 1 is 1.19 bits per heavy atom. The molecule has 8 nitrogen and oxygen atoms in total. The first kappa shape index (κ1) is 16.6. The van der Waals surface area contributed by atoms with E-state index in [-0.39, 0.29) is 17.9 Å². The largest absolute Gasteiger partial charge is 0.339 e. The maximum atomic E-state index is 12.5. The van der Waals surface area contributed by atoms with Crippen molar-refractivity contribution in [1.29, 1.82) is 0 Å². The molecule has 0 atom stereocenters. The molecule has 134 valence electrons. The number of hydrogen-bond donors (Lipinski definition) is 2. The average Bonchev–Trinajstić information content (AvgIpc) is 3.13. The zero-order valence-corrected chi connectivity index (χ0v) is 14.7. The van der Waals surface area contributed by atoms with E-state index in [1.165, 1.54) is 6.20 Å². The van der Waals surface area contributed by atoms with Crippen LogP contribution < -0.4 is 10.5 Å². The van der Waals surface area contributed by atoms with Gasteiger partial charge >= 0.3 is 0 Å². The lowest BCUT2D eigenvalue weighted by molar-refractivity contribution is -0.130. The minimum absolute atomic E-state index is 0.0447. The van der Waals surface area contributed by atoms with Gasteiger partial charge in [0.1, 0.15) is 5.39 Å². The van der Waals surface area contributed by atoms with Crippen LogP contribution in [0.2, 0.25) is 5.02 Å². The van der Waals surface area contributed by atoms with Gasteiger partial charge in [0.25, 0.3) is 5.56 Å². The third-order valence-electron chi connectivity index (χ3n) is 4.54. The van der Waals surface area contributed by atoms with Gasteiger partial charge in [-0.05, 0) is 11.6 Å². The van der Waals surface area contributed by atoms with Crippen molar-refractivity contribution in [2.45, 2.75) is 6.42 Å². The SMILES string of the molecule is O=C(Cc1ccccc1Cl)N1CCN(c2nc3[nH]ncc3c(=O)[nH]2)CC1. The number of amides is 1. The van der Waals surface area contributed by atoms with Gasteiger partial charge in [0.15, 0.2) is 5.65 Å². The molecule has 4 rings (SSSR count). The molecule has 26 heavy (non-hydrogen) atoms. The highest BCUT2D eigenvalue weighted by atomic mass is 35.5. The Kier molecular flexibility index (Phi) is 4.34. The van der Waals surface area contributed by atoms with Gasteiger partial charge in [0.2, 0.25) is 11.9 Å². The van der Waals surface area contributed by atoms with Crippen LogP contribution in [0.3, 0.4) is 0 Å². The van der Waals surface area contributed by atoms with Crippen molar-refractivity contribution in [2.75, 3.05) is 31.1 Å². The Balaban J connectivity index is 1.42. The van der Waals surface area contributed by atoms with Crippen LogP contribution in [0.5, 0.6) is 0 Å². The molecule has 3 aromatic rings. The van der Waals surface area contributed by atoms with Crippen LogP contribution in [0.1, 0.15) is 5.56 Å². The van der Waals surface area contributed by atoms with Crippen molar-refractivity contribution in [1.82, 2.24) is 25.1 Å². The number of hydrogen-bond acceptors (Lipinski definition) is 5. The normalized spacial score (nSPS) is 14.8. The number of nitrogens with zero attached hydrogens (tertiary/aromatic N) is 4. The smallest absolute Gasteiger partial charge is 0.263 e. The highest BCUT2D eigenvalue weighted by Gasteiger charge is 2.23. The van der Waals surface area contributed by atoms with Gasteiger partial charge in [-0.15, -0.1) is 0 Å². The van der Waals surface area contributed by atoms with Crippen molar-refractivity contribution < 1.29 is 4.79 Å². The summed E-state index contributed by atoms with van der Waals surface area (Å²) in [6.07, 6.45) is 1.74. The number of halogens is 1. The lowest BCUT2D eigenvalue weighted by Crippen LogP contribution is -2.50. The van der Waals surface area contributed by atoms with Gasteiger partial charge in [-0.3, -0.25) is 19.7 Å². The molecule has 1 fully saturated rings. The molecule has 0 unspecified atom stereocenters. The van der Waals surface area contributed by atoms with E-state index >= 15 is 0 Å². The molecule has 1 aliphatic rings. The summed E-state index contributed by atoms with van der Waals surface area (Å²) < 4.78 is 0.